The van der Waals surface area contributed by atoms with E-state index in [-0.39, 0.29) is 18.5 Å². The molecule has 0 spiro atoms. The maximum Gasteiger partial charge on any atom is 0.519 e. The fourth-order valence-corrected chi connectivity index (χ4v) is 2.92. The summed E-state index contributed by atoms with van der Waals surface area (Å²) in [6, 6.07) is 5.71. The fraction of sp³-hybridized carbons (Fsp3) is 0.385. The molecule has 1 aromatic rings. The van der Waals surface area contributed by atoms with Gasteiger partial charge in [-0.2, -0.15) is 0 Å². The van der Waals surface area contributed by atoms with Crippen LogP contribution in [0.3, 0.4) is 0 Å². The van der Waals surface area contributed by atoms with E-state index in [1.807, 2.05) is 0 Å². The van der Waals surface area contributed by atoms with Crippen LogP contribution in [0.5, 0.6) is 0 Å². The number of nitro benzene ring substituents is 1. The van der Waals surface area contributed by atoms with Gasteiger partial charge in [0.25, 0.3) is 5.69 Å². The topological polar surface area (TPSA) is 105 Å². The molecule has 1 aromatic carbocycles. The molecule has 2 saturated heterocycles. The lowest BCUT2D eigenvalue weighted by atomic mass is 9.64. The molecule has 2 aliphatic heterocycles. The van der Waals surface area contributed by atoms with Gasteiger partial charge in [0.05, 0.1) is 4.92 Å². The number of non-ortho nitro benzene ring substituents is 1. The van der Waals surface area contributed by atoms with E-state index in [0.717, 1.165) is 0 Å². The van der Waals surface area contributed by atoms with Gasteiger partial charge in [-0.15, -0.1) is 0 Å². The molecular formula is C13H11NO7. The number of carbonyl (C=O) groups excluding carboxylic acids is 2. The van der Waals surface area contributed by atoms with Crippen LogP contribution in [-0.4, -0.2) is 22.8 Å². The summed E-state index contributed by atoms with van der Waals surface area (Å²) in [4.78, 5) is 32.9. The summed E-state index contributed by atoms with van der Waals surface area (Å²) in [5, 5.41) is 10.7. The predicted molar refractivity (Wildman–Crippen MR) is 66.5 cm³/mol. The Labute approximate surface area is 118 Å². The fourth-order valence-electron chi connectivity index (χ4n) is 2.92. The molecule has 0 aromatic heterocycles. The van der Waals surface area contributed by atoms with Crippen molar-refractivity contribution in [1.29, 1.82) is 0 Å². The molecule has 21 heavy (non-hydrogen) atoms. The largest absolute Gasteiger partial charge is 0.519 e. The van der Waals surface area contributed by atoms with E-state index in [2.05, 4.69) is 4.74 Å². The Kier molecular flexibility index (Phi) is 2.65. The minimum absolute atomic E-state index is 0.0583. The molecule has 110 valence electrons. The smallest absolute Gasteiger partial charge is 0.427 e. The minimum atomic E-state index is -1.14. The highest BCUT2D eigenvalue weighted by Crippen LogP contribution is 2.54. The third-order valence-corrected chi connectivity index (χ3v) is 3.70. The van der Waals surface area contributed by atoms with Crippen molar-refractivity contribution in [3.8, 4) is 0 Å². The van der Waals surface area contributed by atoms with Gasteiger partial charge in [0.15, 0.2) is 0 Å². The van der Waals surface area contributed by atoms with Crippen molar-refractivity contribution in [3.05, 3.63) is 39.9 Å². The average Bonchev–Trinajstić information content (AvgIpc) is 2.34. The van der Waals surface area contributed by atoms with Crippen LogP contribution < -0.4 is 0 Å². The first kappa shape index (κ1) is 13.3. The summed E-state index contributed by atoms with van der Waals surface area (Å²) in [6.45, 7) is 1.71. The van der Waals surface area contributed by atoms with E-state index in [1.54, 1.807) is 6.92 Å². The molecule has 0 atom stereocenters. The summed E-state index contributed by atoms with van der Waals surface area (Å²) in [5.74, 6) is 0. The summed E-state index contributed by atoms with van der Waals surface area (Å²) in [7, 11) is 0. The Bertz CT molecular complexity index is 630. The van der Waals surface area contributed by atoms with Crippen LogP contribution in [0, 0.1) is 10.1 Å². The molecule has 0 radical (unpaired) electrons. The van der Waals surface area contributed by atoms with Crippen molar-refractivity contribution in [2.75, 3.05) is 0 Å². The van der Waals surface area contributed by atoms with E-state index < -0.39 is 28.4 Å². The Morgan fingerprint density at radius 1 is 1.10 bits per heavy atom. The normalized spacial score (nSPS) is 30.9. The van der Waals surface area contributed by atoms with Gasteiger partial charge in [-0.3, -0.25) is 10.1 Å². The second-order valence-corrected chi connectivity index (χ2v) is 5.41. The summed E-state index contributed by atoms with van der Waals surface area (Å²) < 4.78 is 14.6. The molecule has 1 saturated carbocycles. The first-order valence-corrected chi connectivity index (χ1v) is 6.21. The zero-order valence-electron chi connectivity index (χ0n) is 11.0. The molecule has 8 heteroatoms. The number of hydrogen-bond acceptors (Lipinski definition) is 7. The third-order valence-electron chi connectivity index (χ3n) is 3.70. The molecule has 3 aliphatic rings. The lowest BCUT2D eigenvalue weighted by molar-refractivity contribution is -0.384. The molecular weight excluding hydrogens is 282 g/mol. The number of nitrogens with zero attached hydrogens (tertiary/aromatic N) is 1. The van der Waals surface area contributed by atoms with Crippen LogP contribution in [0.25, 0.3) is 0 Å². The second-order valence-electron chi connectivity index (χ2n) is 5.41. The van der Waals surface area contributed by atoms with Gasteiger partial charge in [0.2, 0.25) is 0 Å². The van der Waals surface area contributed by atoms with E-state index in [9.17, 15) is 19.7 Å². The maximum atomic E-state index is 11.5. The van der Waals surface area contributed by atoms with Gasteiger partial charge in [-0.05, 0) is 24.6 Å². The summed E-state index contributed by atoms with van der Waals surface area (Å²) >= 11 is 0. The van der Waals surface area contributed by atoms with E-state index in [0.29, 0.717) is 5.56 Å². The van der Waals surface area contributed by atoms with Gasteiger partial charge in [0, 0.05) is 25.0 Å². The van der Waals surface area contributed by atoms with Crippen LogP contribution in [-0.2, 0) is 19.8 Å². The van der Waals surface area contributed by atoms with Crippen molar-refractivity contribution in [1.82, 2.24) is 0 Å². The number of hydrogen-bond donors (Lipinski definition) is 0. The lowest BCUT2D eigenvalue weighted by Gasteiger charge is -2.52. The molecule has 2 heterocycles. The Hall–Kier alpha value is -2.64. The number of carbonyl (C=O) groups is 2. The van der Waals surface area contributed by atoms with Crippen molar-refractivity contribution >= 4 is 18.0 Å². The van der Waals surface area contributed by atoms with Crippen LogP contribution in [0.4, 0.5) is 15.3 Å². The van der Waals surface area contributed by atoms with E-state index in [1.165, 1.54) is 24.3 Å². The second kappa shape index (κ2) is 4.18. The molecule has 3 fully saturated rings. The first-order chi connectivity index (χ1) is 9.82. The third kappa shape index (κ3) is 2.18. The molecule has 0 unspecified atom stereocenters. The predicted octanol–water partition coefficient (Wildman–Crippen LogP) is 2.65. The zero-order chi connectivity index (χ0) is 15.3. The molecule has 1 aliphatic carbocycles. The minimum Gasteiger partial charge on any atom is -0.427 e. The van der Waals surface area contributed by atoms with Crippen molar-refractivity contribution in [2.45, 2.75) is 31.0 Å². The number of rotatable bonds is 2. The molecule has 0 N–H and O–H groups in total. The lowest BCUT2D eigenvalue weighted by Crippen LogP contribution is -2.59. The Balaban J connectivity index is 1.91. The van der Waals surface area contributed by atoms with Crippen LogP contribution >= 0.6 is 0 Å². The highest BCUT2D eigenvalue weighted by molar-refractivity contribution is 5.78. The Morgan fingerprint density at radius 2 is 1.67 bits per heavy atom. The zero-order valence-corrected chi connectivity index (χ0v) is 11.0. The van der Waals surface area contributed by atoms with E-state index in [4.69, 9.17) is 9.47 Å². The standard InChI is InChI=1S/C13H11NO7/c1-12-6-13(7-12,21-11(16)19-10(15)20-12)8-2-4-9(5-3-8)14(17)18/h2-5H,6-7H2,1H3. The van der Waals surface area contributed by atoms with Crippen molar-refractivity contribution in [2.24, 2.45) is 0 Å². The highest BCUT2D eigenvalue weighted by atomic mass is 16.8. The SMILES string of the molecule is CC12CC(c3ccc([N+](=O)[O-])cc3)(C1)OC(=O)OC(=O)O2. The number of ether oxygens (including phenoxy) is 3. The van der Waals surface area contributed by atoms with Crippen LogP contribution in [0.1, 0.15) is 25.3 Å². The molecule has 0 amide bonds. The van der Waals surface area contributed by atoms with Crippen LogP contribution in [0.15, 0.2) is 24.3 Å². The van der Waals surface area contributed by atoms with Gasteiger partial charge in [0.1, 0.15) is 11.2 Å². The molecule has 8 nitrogen and oxygen atoms in total. The molecule has 4 rings (SSSR count). The van der Waals surface area contributed by atoms with Gasteiger partial charge in [-0.1, -0.05) is 0 Å². The maximum absolute atomic E-state index is 11.5. The molecule has 2 bridgehead atoms. The van der Waals surface area contributed by atoms with Gasteiger partial charge < -0.3 is 14.2 Å². The quantitative estimate of drug-likeness (QED) is 0.357. The monoisotopic (exact) mass is 293 g/mol. The Morgan fingerprint density at radius 3 is 2.24 bits per heavy atom. The number of nitro groups is 1. The highest BCUT2D eigenvalue weighted by Gasteiger charge is 2.60. The average molecular weight is 293 g/mol. The van der Waals surface area contributed by atoms with Crippen LogP contribution in [0.2, 0.25) is 0 Å². The van der Waals surface area contributed by atoms with Crippen molar-refractivity contribution in [3.63, 3.8) is 0 Å². The van der Waals surface area contributed by atoms with Gasteiger partial charge >= 0.3 is 12.3 Å². The summed E-state index contributed by atoms with van der Waals surface area (Å²) in [5.41, 5.74) is -1.22. The number of fused-ring (bicyclic) bond motifs is 4. The first-order valence-electron chi connectivity index (χ1n) is 6.21. The van der Waals surface area contributed by atoms with E-state index >= 15 is 0 Å². The van der Waals surface area contributed by atoms with Gasteiger partial charge in [-0.25, -0.2) is 9.59 Å². The summed E-state index contributed by atoms with van der Waals surface area (Å²) in [6.07, 6.45) is -1.67. The van der Waals surface area contributed by atoms with Crippen molar-refractivity contribution < 1.29 is 28.7 Å². The number of benzene rings is 1.